The molecule has 3 rings (SSSR count). The number of thioether (sulfide) groups is 1. The highest BCUT2D eigenvalue weighted by atomic mass is 35.5. The second kappa shape index (κ2) is 6.81. The van der Waals surface area contributed by atoms with Gasteiger partial charge in [-0.15, -0.1) is 0 Å². The molecule has 2 aromatic rings. The van der Waals surface area contributed by atoms with Crippen molar-refractivity contribution in [1.82, 2.24) is 15.1 Å². The van der Waals surface area contributed by atoms with E-state index in [1.807, 2.05) is 16.9 Å². The number of hydrogen-bond acceptors (Lipinski definition) is 3. The minimum absolute atomic E-state index is 0.257. The fourth-order valence-corrected chi connectivity index (χ4v) is 3.47. The average Bonchev–Trinajstić information content (AvgIpc) is 2.96. The van der Waals surface area contributed by atoms with Gasteiger partial charge in [-0.25, -0.2) is 4.39 Å². The fourth-order valence-electron chi connectivity index (χ4n) is 2.46. The zero-order chi connectivity index (χ0) is 14.7. The molecule has 1 saturated heterocycles. The molecule has 2 heterocycles. The minimum Gasteiger partial charge on any atom is -0.317 e. The van der Waals surface area contributed by atoms with Crippen LogP contribution in [0, 0.1) is 5.82 Å². The van der Waals surface area contributed by atoms with Gasteiger partial charge in [-0.2, -0.15) is 5.10 Å². The van der Waals surface area contributed by atoms with E-state index >= 15 is 0 Å². The topological polar surface area (TPSA) is 29.9 Å². The smallest absolute Gasteiger partial charge is 0.128 e. The second-order valence-corrected chi connectivity index (χ2v) is 6.57. The van der Waals surface area contributed by atoms with E-state index in [-0.39, 0.29) is 5.82 Å². The molecule has 0 spiro atoms. The lowest BCUT2D eigenvalue weighted by Crippen LogP contribution is -2.29. The van der Waals surface area contributed by atoms with Crippen LogP contribution in [0.4, 0.5) is 4.39 Å². The molecule has 0 unspecified atom stereocenters. The van der Waals surface area contributed by atoms with Crippen LogP contribution in [0.15, 0.2) is 35.5 Å². The summed E-state index contributed by atoms with van der Waals surface area (Å²) in [5, 5.41) is 9.31. The Labute approximate surface area is 132 Å². The van der Waals surface area contributed by atoms with E-state index < -0.39 is 0 Å². The van der Waals surface area contributed by atoms with Crippen LogP contribution in [0.3, 0.4) is 0 Å². The third kappa shape index (κ3) is 3.78. The second-order valence-electron chi connectivity index (χ2n) is 5.14. The van der Waals surface area contributed by atoms with Crippen LogP contribution in [0.1, 0.15) is 24.4 Å². The Kier molecular flexibility index (Phi) is 4.83. The summed E-state index contributed by atoms with van der Waals surface area (Å²) in [4.78, 5) is 0. The molecule has 0 saturated carbocycles. The van der Waals surface area contributed by atoms with E-state index in [9.17, 15) is 4.39 Å². The first-order valence-corrected chi connectivity index (χ1v) is 8.41. The van der Waals surface area contributed by atoms with E-state index in [1.54, 1.807) is 23.9 Å². The molecule has 0 atom stereocenters. The van der Waals surface area contributed by atoms with Gasteiger partial charge in [-0.3, -0.25) is 4.68 Å². The van der Waals surface area contributed by atoms with Crippen LogP contribution < -0.4 is 5.32 Å². The molecule has 112 valence electrons. The number of piperidine rings is 1. The molecule has 1 aromatic heterocycles. The molecule has 1 fully saturated rings. The molecule has 0 bridgehead atoms. The molecule has 1 N–H and O–H groups in total. The molecule has 0 radical (unpaired) electrons. The Morgan fingerprint density at radius 1 is 1.33 bits per heavy atom. The maximum Gasteiger partial charge on any atom is 0.128 e. The van der Waals surface area contributed by atoms with Gasteiger partial charge in [-0.05, 0) is 49.7 Å². The number of nitrogens with zero attached hydrogens (tertiary/aromatic N) is 2. The van der Waals surface area contributed by atoms with Crippen molar-refractivity contribution in [2.45, 2.75) is 29.7 Å². The summed E-state index contributed by atoms with van der Waals surface area (Å²) in [5.74, 6) is 0.305. The molecule has 1 aliphatic rings. The predicted octanol–water partition coefficient (Wildman–Crippen LogP) is 3.89. The molecule has 0 amide bonds. The van der Waals surface area contributed by atoms with Gasteiger partial charge in [0.15, 0.2) is 0 Å². The van der Waals surface area contributed by atoms with Crippen molar-refractivity contribution >= 4 is 23.4 Å². The highest BCUT2D eigenvalue weighted by Crippen LogP contribution is 2.26. The van der Waals surface area contributed by atoms with E-state index in [0.717, 1.165) is 31.0 Å². The Bertz CT molecular complexity index is 611. The van der Waals surface area contributed by atoms with Gasteiger partial charge in [0.1, 0.15) is 10.8 Å². The summed E-state index contributed by atoms with van der Waals surface area (Å²) in [6.07, 6.45) is 4.24. The zero-order valence-corrected chi connectivity index (χ0v) is 13.1. The van der Waals surface area contributed by atoms with E-state index in [1.165, 1.54) is 6.07 Å². The minimum atomic E-state index is -0.257. The van der Waals surface area contributed by atoms with Crippen LogP contribution in [0.2, 0.25) is 5.02 Å². The summed E-state index contributed by atoms with van der Waals surface area (Å²) in [6, 6.07) is 7.28. The van der Waals surface area contributed by atoms with E-state index in [4.69, 9.17) is 11.6 Å². The molecule has 3 nitrogen and oxygen atoms in total. The van der Waals surface area contributed by atoms with Gasteiger partial charge in [0, 0.05) is 17.0 Å². The van der Waals surface area contributed by atoms with Gasteiger partial charge < -0.3 is 5.32 Å². The van der Waals surface area contributed by atoms with Crippen molar-refractivity contribution in [1.29, 1.82) is 0 Å². The third-order valence-corrected chi connectivity index (χ3v) is 4.86. The highest BCUT2D eigenvalue weighted by Gasteiger charge is 2.15. The summed E-state index contributed by atoms with van der Waals surface area (Å²) in [7, 11) is 0. The van der Waals surface area contributed by atoms with Crippen molar-refractivity contribution < 1.29 is 4.39 Å². The maximum atomic E-state index is 13.7. The number of nitrogens with one attached hydrogen (secondary N) is 1. The normalized spacial score (nSPS) is 16.3. The molecular formula is C15H17ClFN3S. The molecule has 21 heavy (non-hydrogen) atoms. The van der Waals surface area contributed by atoms with Crippen molar-refractivity contribution in [3.8, 4) is 0 Å². The van der Waals surface area contributed by atoms with Crippen LogP contribution in [-0.4, -0.2) is 22.9 Å². The predicted molar refractivity (Wildman–Crippen MR) is 84.3 cm³/mol. The number of halogens is 2. The number of rotatable bonds is 4. The zero-order valence-electron chi connectivity index (χ0n) is 11.6. The van der Waals surface area contributed by atoms with Crippen LogP contribution >= 0.6 is 23.4 Å². The summed E-state index contributed by atoms with van der Waals surface area (Å²) in [6.45, 7) is 2.09. The van der Waals surface area contributed by atoms with Crippen LogP contribution in [0.5, 0.6) is 0 Å². The van der Waals surface area contributed by atoms with Crippen molar-refractivity contribution in [2.24, 2.45) is 0 Å². The maximum absolute atomic E-state index is 13.7. The summed E-state index contributed by atoms with van der Waals surface area (Å²) in [5.41, 5.74) is 0.654. The monoisotopic (exact) mass is 325 g/mol. The van der Waals surface area contributed by atoms with Crippen LogP contribution in [0.25, 0.3) is 0 Å². The SMILES string of the molecule is Fc1cc(Cl)ccc1CSc1ccn(C2CCNCC2)n1. The Morgan fingerprint density at radius 2 is 2.14 bits per heavy atom. The van der Waals surface area contributed by atoms with E-state index in [0.29, 0.717) is 22.4 Å². The summed E-state index contributed by atoms with van der Waals surface area (Å²) >= 11 is 7.30. The Balaban J connectivity index is 1.61. The molecule has 0 aliphatic carbocycles. The van der Waals surface area contributed by atoms with Crippen molar-refractivity contribution in [3.05, 3.63) is 46.9 Å². The van der Waals surface area contributed by atoms with Gasteiger partial charge in [0.25, 0.3) is 0 Å². The van der Waals surface area contributed by atoms with Crippen molar-refractivity contribution in [2.75, 3.05) is 13.1 Å². The lowest BCUT2D eigenvalue weighted by Gasteiger charge is -2.22. The standard InChI is InChI=1S/C15H17ClFN3S/c16-12-2-1-11(14(17)9-12)10-21-15-5-8-20(19-15)13-3-6-18-7-4-13/h1-2,5,8-9,13,18H,3-4,6-7,10H2. The first-order valence-electron chi connectivity index (χ1n) is 7.05. The van der Waals surface area contributed by atoms with Gasteiger partial charge in [0.2, 0.25) is 0 Å². The average molecular weight is 326 g/mol. The highest BCUT2D eigenvalue weighted by molar-refractivity contribution is 7.98. The molecule has 1 aliphatic heterocycles. The number of hydrogen-bond donors (Lipinski definition) is 1. The summed E-state index contributed by atoms with van der Waals surface area (Å²) < 4.78 is 15.8. The van der Waals surface area contributed by atoms with E-state index in [2.05, 4.69) is 10.4 Å². The van der Waals surface area contributed by atoms with Crippen molar-refractivity contribution in [3.63, 3.8) is 0 Å². The molecule has 1 aromatic carbocycles. The molecule has 6 heteroatoms. The number of benzene rings is 1. The fraction of sp³-hybridized carbons (Fsp3) is 0.400. The Morgan fingerprint density at radius 3 is 2.90 bits per heavy atom. The Hall–Kier alpha value is -1.04. The lowest BCUT2D eigenvalue weighted by molar-refractivity contribution is 0.340. The number of aromatic nitrogens is 2. The largest absolute Gasteiger partial charge is 0.317 e. The van der Waals surface area contributed by atoms with Gasteiger partial charge in [-0.1, -0.05) is 29.4 Å². The van der Waals surface area contributed by atoms with Gasteiger partial charge >= 0.3 is 0 Å². The lowest BCUT2D eigenvalue weighted by atomic mass is 10.1. The first kappa shape index (κ1) is 14.9. The first-order chi connectivity index (χ1) is 10.2. The molecular weight excluding hydrogens is 309 g/mol. The quantitative estimate of drug-likeness (QED) is 0.865. The third-order valence-electron chi connectivity index (χ3n) is 3.66. The van der Waals surface area contributed by atoms with Gasteiger partial charge in [0.05, 0.1) is 6.04 Å². The van der Waals surface area contributed by atoms with Crippen LogP contribution in [-0.2, 0) is 5.75 Å².